The molecule has 0 saturated carbocycles. The maximum Gasteiger partial charge on any atom is 0.0172 e. The van der Waals surface area contributed by atoms with Gasteiger partial charge in [-0.1, -0.05) is 12.5 Å². The molecule has 0 saturated heterocycles. The maximum absolute atomic E-state index is 2.46. The monoisotopic (exact) mass is 153 g/mol. The lowest BCUT2D eigenvalue weighted by Crippen LogP contribution is -2.18. The first-order valence-electron chi connectivity index (χ1n) is 4.74. The Morgan fingerprint density at radius 3 is 3.00 bits per heavy atom. The SMILES string of the molecule is CCCN1C=C(C)CCCC1. The topological polar surface area (TPSA) is 3.24 Å². The molecule has 11 heavy (non-hydrogen) atoms. The number of hydrogen-bond acceptors (Lipinski definition) is 1. The van der Waals surface area contributed by atoms with Crippen LogP contribution in [-0.4, -0.2) is 18.0 Å². The molecule has 0 unspecified atom stereocenters. The molecule has 0 radical (unpaired) electrons. The Balaban J connectivity index is 2.42. The van der Waals surface area contributed by atoms with E-state index >= 15 is 0 Å². The predicted molar refractivity (Wildman–Crippen MR) is 49.5 cm³/mol. The number of hydrogen-bond donors (Lipinski definition) is 0. The molecule has 64 valence electrons. The van der Waals surface area contributed by atoms with Gasteiger partial charge in [0.15, 0.2) is 0 Å². The third-order valence-electron chi connectivity index (χ3n) is 2.18. The molecule has 0 fully saturated rings. The van der Waals surface area contributed by atoms with Crippen LogP contribution in [-0.2, 0) is 0 Å². The van der Waals surface area contributed by atoms with Crippen LogP contribution in [0.25, 0.3) is 0 Å². The second-order valence-corrected chi connectivity index (χ2v) is 3.47. The summed E-state index contributed by atoms with van der Waals surface area (Å²) in [5.74, 6) is 0. The van der Waals surface area contributed by atoms with Crippen LogP contribution in [0.3, 0.4) is 0 Å². The van der Waals surface area contributed by atoms with Crippen molar-refractivity contribution in [3.05, 3.63) is 11.8 Å². The van der Waals surface area contributed by atoms with Gasteiger partial charge in [-0.25, -0.2) is 0 Å². The zero-order valence-electron chi connectivity index (χ0n) is 7.77. The summed E-state index contributed by atoms with van der Waals surface area (Å²) in [4.78, 5) is 2.46. The van der Waals surface area contributed by atoms with Crippen molar-refractivity contribution in [1.29, 1.82) is 0 Å². The van der Waals surface area contributed by atoms with Gasteiger partial charge in [-0.2, -0.15) is 0 Å². The lowest BCUT2D eigenvalue weighted by molar-refractivity contribution is 0.373. The standard InChI is InChI=1S/C10H19N/c1-3-7-11-8-5-4-6-10(2)9-11/h9H,3-8H2,1-2H3. The highest BCUT2D eigenvalue weighted by molar-refractivity contribution is 4.99. The summed E-state index contributed by atoms with van der Waals surface area (Å²) >= 11 is 0. The van der Waals surface area contributed by atoms with Crippen LogP contribution in [0.5, 0.6) is 0 Å². The molecule has 0 aromatic carbocycles. The fourth-order valence-electron chi connectivity index (χ4n) is 1.62. The molecule has 1 aliphatic heterocycles. The largest absolute Gasteiger partial charge is 0.377 e. The van der Waals surface area contributed by atoms with Crippen molar-refractivity contribution in [2.24, 2.45) is 0 Å². The molecule has 0 atom stereocenters. The van der Waals surface area contributed by atoms with Crippen LogP contribution >= 0.6 is 0 Å². The lowest BCUT2D eigenvalue weighted by Gasteiger charge is -2.17. The van der Waals surface area contributed by atoms with Crippen molar-refractivity contribution in [1.82, 2.24) is 4.90 Å². The summed E-state index contributed by atoms with van der Waals surface area (Å²) in [6.45, 7) is 6.99. The molecular formula is C10H19N. The van der Waals surface area contributed by atoms with Gasteiger partial charge in [-0.05, 0) is 38.8 Å². The molecule has 0 aromatic heterocycles. The Bertz CT molecular complexity index is 138. The number of nitrogens with zero attached hydrogens (tertiary/aromatic N) is 1. The first-order chi connectivity index (χ1) is 5.33. The van der Waals surface area contributed by atoms with E-state index in [2.05, 4.69) is 24.9 Å². The molecule has 1 nitrogen and oxygen atoms in total. The summed E-state index contributed by atoms with van der Waals surface area (Å²) in [7, 11) is 0. The molecule has 0 amide bonds. The highest BCUT2D eigenvalue weighted by Gasteiger charge is 2.03. The first-order valence-corrected chi connectivity index (χ1v) is 4.74. The van der Waals surface area contributed by atoms with Gasteiger partial charge in [-0.15, -0.1) is 0 Å². The minimum Gasteiger partial charge on any atom is -0.377 e. The Kier molecular flexibility index (Phi) is 3.47. The van der Waals surface area contributed by atoms with Crippen molar-refractivity contribution in [3.63, 3.8) is 0 Å². The van der Waals surface area contributed by atoms with Crippen molar-refractivity contribution in [3.8, 4) is 0 Å². The van der Waals surface area contributed by atoms with Gasteiger partial charge in [0.1, 0.15) is 0 Å². The number of allylic oxidation sites excluding steroid dienone is 1. The van der Waals surface area contributed by atoms with E-state index in [0.29, 0.717) is 0 Å². The third-order valence-corrected chi connectivity index (χ3v) is 2.18. The van der Waals surface area contributed by atoms with Gasteiger partial charge >= 0.3 is 0 Å². The van der Waals surface area contributed by atoms with E-state index in [9.17, 15) is 0 Å². The molecule has 1 aliphatic rings. The minimum absolute atomic E-state index is 1.23. The van der Waals surface area contributed by atoms with Crippen LogP contribution in [0.4, 0.5) is 0 Å². The van der Waals surface area contributed by atoms with Gasteiger partial charge in [0, 0.05) is 13.1 Å². The summed E-state index contributed by atoms with van der Waals surface area (Å²) in [6.07, 6.45) is 7.66. The van der Waals surface area contributed by atoms with Gasteiger partial charge in [0.25, 0.3) is 0 Å². The van der Waals surface area contributed by atoms with Crippen LogP contribution in [0.2, 0.25) is 0 Å². The van der Waals surface area contributed by atoms with E-state index in [1.165, 1.54) is 38.8 Å². The fraction of sp³-hybridized carbons (Fsp3) is 0.800. The van der Waals surface area contributed by atoms with Crippen molar-refractivity contribution in [2.75, 3.05) is 13.1 Å². The van der Waals surface area contributed by atoms with Gasteiger partial charge < -0.3 is 4.90 Å². The second kappa shape index (κ2) is 4.42. The minimum atomic E-state index is 1.23. The predicted octanol–water partition coefficient (Wildman–Crippen LogP) is 2.79. The van der Waals surface area contributed by atoms with E-state index in [1.807, 2.05) is 0 Å². The van der Waals surface area contributed by atoms with Crippen molar-refractivity contribution < 1.29 is 0 Å². The Hall–Kier alpha value is -0.460. The highest BCUT2D eigenvalue weighted by Crippen LogP contribution is 2.13. The van der Waals surface area contributed by atoms with Gasteiger partial charge in [-0.3, -0.25) is 0 Å². The molecule has 0 aromatic rings. The van der Waals surface area contributed by atoms with Crippen LogP contribution < -0.4 is 0 Å². The smallest absolute Gasteiger partial charge is 0.0172 e. The summed E-state index contributed by atoms with van der Waals surface area (Å²) in [5, 5.41) is 0. The third kappa shape index (κ3) is 2.96. The van der Waals surface area contributed by atoms with Crippen LogP contribution in [0.1, 0.15) is 39.5 Å². The quantitative estimate of drug-likeness (QED) is 0.589. The molecule has 0 aliphatic carbocycles. The van der Waals surface area contributed by atoms with Crippen LogP contribution in [0.15, 0.2) is 11.8 Å². The van der Waals surface area contributed by atoms with Gasteiger partial charge in [0.2, 0.25) is 0 Å². The normalized spacial score (nSPS) is 19.5. The van der Waals surface area contributed by atoms with E-state index in [1.54, 1.807) is 5.57 Å². The van der Waals surface area contributed by atoms with E-state index in [-0.39, 0.29) is 0 Å². The van der Waals surface area contributed by atoms with Crippen molar-refractivity contribution >= 4 is 0 Å². The molecule has 1 heterocycles. The average Bonchev–Trinajstić information content (AvgIpc) is 2.15. The average molecular weight is 153 g/mol. The molecule has 1 rings (SSSR count). The van der Waals surface area contributed by atoms with Crippen LogP contribution in [0, 0.1) is 0 Å². The fourth-order valence-corrected chi connectivity index (χ4v) is 1.62. The Labute approximate surface area is 70.1 Å². The molecular weight excluding hydrogens is 134 g/mol. The zero-order valence-corrected chi connectivity index (χ0v) is 7.77. The summed E-state index contributed by atoms with van der Waals surface area (Å²) in [5.41, 5.74) is 1.55. The molecule has 0 spiro atoms. The molecule has 1 heteroatoms. The van der Waals surface area contributed by atoms with E-state index < -0.39 is 0 Å². The Morgan fingerprint density at radius 2 is 2.27 bits per heavy atom. The maximum atomic E-state index is 2.46. The highest BCUT2D eigenvalue weighted by atomic mass is 15.1. The lowest BCUT2D eigenvalue weighted by atomic mass is 10.2. The molecule has 0 bridgehead atoms. The first kappa shape index (κ1) is 8.63. The van der Waals surface area contributed by atoms with E-state index in [4.69, 9.17) is 0 Å². The van der Waals surface area contributed by atoms with Crippen molar-refractivity contribution in [2.45, 2.75) is 39.5 Å². The Morgan fingerprint density at radius 1 is 1.45 bits per heavy atom. The molecule has 0 N–H and O–H groups in total. The second-order valence-electron chi connectivity index (χ2n) is 3.47. The zero-order chi connectivity index (χ0) is 8.10. The summed E-state index contributed by atoms with van der Waals surface area (Å²) < 4.78 is 0. The number of rotatable bonds is 2. The van der Waals surface area contributed by atoms with Gasteiger partial charge in [0.05, 0.1) is 0 Å². The van der Waals surface area contributed by atoms with E-state index in [0.717, 1.165) is 0 Å². The summed E-state index contributed by atoms with van der Waals surface area (Å²) in [6, 6.07) is 0.